The maximum absolute atomic E-state index is 13.6. The Morgan fingerprint density at radius 3 is 2.44 bits per heavy atom. The van der Waals surface area contributed by atoms with Crippen molar-refractivity contribution in [2.75, 3.05) is 6.26 Å². The fourth-order valence-corrected chi connectivity index (χ4v) is 4.79. The van der Waals surface area contributed by atoms with Gasteiger partial charge in [-0.3, -0.25) is 9.59 Å². The Morgan fingerprint density at radius 2 is 1.75 bits per heavy atom. The van der Waals surface area contributed by atoms with Crippen LogP contribution in [0.4, 0.5) is 0 Å². The van der Waals surface area contributed by atoms with Crippen molar-refractivity contribution in [3.05, 3.63) is 110 Å². The van der Waals surface area contributed by atoms with Crippen molar-refractivity contribution >= 4 is 40.2 Å². The molecule has 0 aliphatic carbocycles. The molecule has 3 aromatic carbocycles. The molecule has 1 aliphatic rings. The van der Waals surface area contributed by atoms with E-state index in [1.807, 2.05) is 67.8 Å². The van der Waals surface area contributed by atoms with Crippen molar-refractivity contribution in [1.29, 1.82) is 0 Å². The first-order valence-corrected chi connectivity index (χ1v) is 11.8. The molecule has 160 valence electrons. The Bertz CT molecular complexity index is 1400. The minimum atomic E-state index is -0.533. The monoisotopic (exact) mass is 461 g/mol. The lowest BCUT2D eigenvalue weighted by atomic mass is 9.98. The predicted molar refractivity (Wildman–Crippen MR) is 129 cm³/mol. The number of amides is 1. The van der Waals surface area contributed by atoms with Crippen LogP contribution in [0.5, 0.6) is 0 Å². The Morgan fingerprint density at radius 1 is 1.03 bits per heavy atom. The summed E-state index contributed by atoms with van der Waals surface area (Å²) in [6.45, 7) is 2.21. The van der Waals surface area contributed by atoms with Crippen LogP contribution in [-0.4, -0.2) is 17.1 Å². The summed E-state index contributed by atoms with van der Waals surface area (Å²) >= 11 is 7.94. The van der Waals surface area contributed by atoms with Gasteiger partial charge in [-0.05, 0) is 54.1 Å². The lowest BCUT2D eigenvalue weighted by molar-refractivity contribution is 0.0714. The van der Waals surface area contributed by atoms with E-state index >= 15 is 0 Å². The van der Waals surface area contributed by atoms with Crippen LogP contribution in [-0.2, 0) is 6.54 Å². The van der Waals surface area contributed by atoms with Gasteiger partial charge in [0.2, 0.25) is 5.76 Å². The molecule has 1 amide bonds. The van der Waals surface area contributed by atoms with E-state index in [2.05, 4.69) is 0 Å². The van der Waals surface area contributed by atoms with E-state index in [0.717, 1.165) is 21.6 Å². The summed E-state index contributed by atoms with van der Waals surface area (Å²) in [5.74, 6) is -0.173. The molecule has 0 fully saturated rings. The normalized spacial score (nSPS) is 15.4. The van der Waals surface area contributed by atoms with Gasteiger partial charge >= 0.3 is 0 Å². The number of aryl methyl sites for hydroxylation is 1. The number of nitrogens with zero attached hydrogens (tertiary/aromatic N) is 1. The first-order valence-electron chi connectivity index (χ1n) is 10.2. The average Bonchev–Trinajstić information content (AvgIpc) is 3.08. The van der Waals surface area contributed by atoms with Crippen LogP contribution in [0.2, 0.25) is 5.02 Å². The number of fused-ring (bicyclic) bond motifs is 2. The molecule has 0 radical (unpaired) electrons. The molecule has 6 heteroatoms. The van der Waals surface area contributed by atoms with Gasteiger partial charge in [-0.1, -0.05) is 54.1 Å². The Hall–Kier alpha value is -3.02. The molecule has 0 spiro atoms. The number of thioether (sulfide) groups is 1. The third-order valence-electron chi connectivity index (χ3n) is 5.87. The molecule has 0 saturated carbocycles. The summed E-state index contributed by atoms with van der Waals surface area (Å²) in [6.07, 6.45) is 2.01. The number of hydrogen-bond acceptors (Lipinski definition) is 4. The Kier molecular flexibility index (Phi) is 5.31. The summed E-state index contributed by atoms with van der Waals surface area (Å²) in [5.41, 5.74) is 3.17. The predicted octanol–water partition coefficient (Wildman–Crippen LogP) is 6.22. The minimum absolute atomic E-state index is 0.110. The molecular weight excluding hydrogens is 442 g/mol. The SMILES string of the molecule is CSc1ccc(C2c3c(oc4cc(C)c(Cl)cc4c3=O)C(=O)N2Cc2ccccc2)cc1. The Labute approximate surface area is 194 Å². The third-order valence-corrected chi connectivity index (χ3v) is 7.02. The highest BCUT2D eigenvalue weighted by Gasteiger charge is 2.42. The van der Waals surface area contributed by atoms with Crippen LogP contribution in [0, 0.1) is 6.92 Å². The highest BCUT2D eigenvalue weighted by Crippen LogP contribution is 2.40. The summed E-state index contributed by atoms with van der Waals surface area (Å²) in [4.78, 5) is 30.0. The maximum atomic E-state index is 13.6. The number of rotatable bonds is 4. The van der Waals surface area contributed by atoms with Gasteiger partial charge < -0.3 is 9.32 Å². The summed E-state index contributed by atoms with van der Waals surface area (Å²) < 4.78 is 6.04. The van der Waals surface area contributed by atoms with Gasteiger partial charge in [0.15, 0.2) is 5.43 Å². The van der Waals surface area contributed by atoms with E-state index in [-0.39, 0.29) is 17.1 Å². The van der Waals surface area contributed by atoms with Crippen LogP contribution in [0.3, 0.4) is 0 Å². The molecule has 32 heavy (non-hydrogen) atoms. The third kappa shape index (κ3) is 3.42. The van der Waals surface area contributed by atoms with Crippen LogP contribution in [0.25, 0.3) is 11.0 Å². The van der Waals surface area contributed by atoms with Crippen molar-refractivity contribution in [2.24, 2.45) is 0 Å². The van der Waals surface area contributed by atoms with E-state index in [4.69, 9.17) is 16.0 Å². The Balaban J connectivity index is 1.73. The van der Waals surface area contributed by atoms with E-state index in [1.165, 1.54) is 0 Å². The van der Waals surface area contributed by atoms with E-state index in [1.54, 1.807) is 28.8 Å². The molecule has 1 aromatic heterocycles. The van der Waals surface area contributed by atoms with Gasteiger partial charge in [-0.15, -0.1) is 11.8 Å². The fraction of sp³-hybridized carbons (Fsp3) is 0.154. The van der Waals surface area contributed by atoms with E-state index in [9.17, 15) is 9.59 Å². The van der Waals surface area contributed by atoms with Crippen molar-refractivity contribution < 1.29 is 9.21 Å². The van der Waals surface area contributed by atoms with Crippen LogP contribution in [0.1, 0.15) is 38.9 Å². The van der Waals surface area contributed by atoms with Gasteiger partial charge in [-0.25, -0.2) is 0 Å². The van der Waals surface area contributed by atoms with E-state index in [0.29, 0.717) is 28.1 Å². The lowest BCUT2D eigenvalue weighted by Crippen LogP contribution is -2.29. The van der Waals surface area contributed by atoms with Gasteiger partial charge in [-0.2, -0.15) is 0 Å². The van der Waals surface area contributed by atoms with Gasteiger partial charge in [0.1, 0.15) is 5.58 Å². The second kappa shape index (κ2) is 8.15. The molecule has 4 nitrogen and oxygen atoms in total. The average molecular weight is 462 g/mol. The van der Waals surface area contributed by atoms with Gasteiger partial charge in [0.25, 0.3) is 5.91 Å². The smallest absolute Gasteiger partial charge is 0.291 e. The molecule has 1 aliphatic heterocycles. The highest BCUT2D eigenvalue weighted by molar-refractivity contribution is 7.98. The molecule has 4 aromatic rings. The molecule has 1 unspecified atom stereocenters. The summed E-state index contributed by atoms with van der Waals surface area (Å²) in [6, 6.07) is 20.5. The molecule has 5 rings (SSSR count). The first kappa shape index (κ1) is 20.9. The quantitative estimate of drug-likeness (QED) is 0.338. The largest absolute Gasteiger partial charge is 0.450 e. The number of carbonyl (C=O) groups excluding carboxylic acids is 1. The minimum Gasteiger partial charge on any atom is -0.450 e. The number of benzene rings is 3. The van der Waals surface area contributed by atoms with Crippen LogP contribution < -0.4 is 5.43 Å². The maximum Gasteiger partial charge on any atom is 0.291 e. The van der Waals surface area contributed by atoms with Gasteiger partial charge in [0.05, 0.1) is 17.0 Å². The zero-order valence-corrected chi connectivity index (χ0v) is 19.2. The molecule has 0 bridgehead atoms. The standard InChI is InChI=1S/C26H20ClNO3S/c1-15-12-21-19(13-20(15)27)24(29)22-23(17-8-10-18(32-2)11-9-17)28(26(30)25(22)31-21)14-16-6-4-3-5-7-16/h3-13,23H,14H2,1-2H3. The number of hydrogen-bond donors (Lipinski definition) is 0. The first-order chi connectivity index (χ1) is 15.5. The number of halogens is 1. The van der Waals surface area contributed by atoms with Crippen molar-refractivity contribution in [1.82, 2.24) is 4.90 Å². The van der Waals surface area contributed by atoms with Crippen LogP contribution >= 0.6 is 23.4 Å². The van der Waals surface area contributed by atoms with Crippen molar-refractivity contribution in [3.8, 4) is 0 Å². The van der Waals surface area contributed by atoms with Gasteiger partial charge in [0, 0.05) is 16.5 Å². The molecule has 1 atom stereocenters. The van der Waals surface area contributed by atoms with E-state index < -0.39 is 6.04 Å². The molecule has 2 heterocycles. The second-order valence-electron chi connectivity index (χ2n) is 7.87. The second-order valence-corrected chi connectivity index (χ2v) is 9.15. The lowest BCUT2D eigenvalue weighted by Gasteiger charge is -2.25. The fourth-order valence-electron chi connectivity index (χ4n) is 4.22. The zero-order chi connectivity index (χ0) is 22.4. The zero-order valence-electron chi connectivity index (χ0n) is 17.6. The molecular formula is C26H20ClNO3S. The molecule has 0 saturated heterocycles. The number of carbonyl (C=O) groups is 1. The summed E-state index contributed by atoms with van der Waals surface area (Å²) in [5, 5.41) is 0.885. The van der Waals surface area contributed by atoms with Crippen molar-refractivity contribution in [2.45, 2.75) is 24.4 Å². The van der Waals surface area contributed by atoms with Crippen molar-refractivity contribution in [3.63, 3.8) is 0 Å². The molecule has 0 N–H and O–H groups in total. The van der Waals surface area contributed by atoms with Crippen LogP contribution in [0.15, 0.2) is 80.8 Å². The highest BCUT2D eigenvalue weighted by atomic mass is 35.5. The summed E-state index contributed by atoms with van der Waals surface area (Å²) in [7, 11) is 0. The topological polar surface area (TPSA) is 50.5 Å².